The predicted molar refractivity (Wildman–Crippen MR) is 76.1 cm³/mol. The number of hydrogen-bond acceptors (Lipinski definition) is 2. The van der Waals surface area contributed by atoms with Crippen LogP contribution in [-0.4, -0.2) is 23.7 Å². The Balaban J connectivity index is 1.77. The first-order valence-electron chi connectivity index (χ1n) is 6.85. The van der Waals surface area contributed by atoms with Gasteiger partial charge < -0.3 is 10.4 Å². The van der Waals surface area contributed by atoms with Crippen molar-refractivity contribution in [3.63, 3.8) is 0 Å². The maximum Gasteiger partial charge on any atom is 0.224 e. The van der Waals surface area contributed by atoms with Gasteiger partial charge in [0.05, 0.1) is 12.5 Å². The Bertz CT molecular complexity index is 430. The predicted octanol–water partition coefficient (Wildman–Crippen LogP) is 2.55. The molecule has 0 heterocycles. The molecule has 0 spiro atoms. The zero-order valence-electron chi connectivity index (χ0n) is 10.9. The van der Waals surface area contributed by atoms with Crippen LogP contribution in [0.3, 0.4) is 0 Å². The van der Waals surface area contributed by atoms with Crippen molar-refractivity contribution < 1.29 is 9.90 Å². The van der Waals surface area contributed by atoms with Gasteiger partial charge in [-0.3, -0.25) is 4.79 Å². The number of nitrogens with one attached hydrogen (secondary N) is 1. The van der Waals surface area contributed by atoms with E-state index in [1.54, 1.807) is 6.07 Å². The molecule has 0 aliphatic heterocycles. The summed E-state index contributed by atoms with van der Waals surface area (Å²) in [4.78, 5) is 11.8. The Morgan fingerprint density at radius 2 is 2.05 bits per heavy atom. The van der Waals surface area contributed by atoms with E-state index in [1.165, 1.54) is 12.8 Å². The minimum absolute atomic E-state index is 0.0925. The SMILES string of the molecule is O=C(Cc1ccccc1Cl)NCC(O)C1CCCC1. The summed E-state index contributed by atoms with van der Waals surface area (Å²) >= 11 is 6.01. The van der Waals surface area contributed by atoms with Crippen molar-refractivity contribution in [1.29, 1.82) is 0 Å². The van der Waals surface area contributed by atoms with Crippen molar-refractivity contribution in [2.75, 3.05) is 6.54 Å². The number of hydrogen-bond donors (Lipinski definition) is 2. The van der Waals surface area contributed by atoms with Crippen molar-refractivity contribution in [2.45, 2.75) is 38.2 Å². The van der Waals surface area contributed by atoms with Crippen molar-refractivity contribution in [3.05, 3.63) is 34.9 Å². The van der Waals surface area contributed by atoms with E-state index >= 15 is 0 Å². The second kappa shape index (κ2) is 6.92. The van der Waals surface area contributed by atoms with Crippen LogP contribution in [0.5, 0.6) is 0 Å². The molecule has 1 fully saturated rings. The Labute approximate surface area is 119 Å². The molecule has 1 amide bonds. The largest absolute Gasteiger partial charge is 0.391 e. The highest BCUT2D eigenvalue weighted by Crippen LogP contribution is 2.27. The third kappa shape index (κ3) is 4.22. The average molecular weight is 282 g/mol. The lowest BCUT2D eigenvalue weighted by Crippen LogP contribution is -2.36. The molecule has 2 N–H and O–H groups in total. The Morgan fingerprint density at radius 3 is 2.74 bits per heavy atom. The number of rotatable bonds is 5. The van der Waals surface area contributed by atoms with E-state index < -0.39 is 6.10 Å². The average Bonchev–Trinajstić information content (AvgIpc) is 2.93. The van der Waals surface area contributed by atoms with Gasteiger partial charge in [0.15, 0.2) is 0 Å². The molecule has 1 aromatic rings. The summed E-state index contributed by atoms with van der Waals surface area (Å²) in [7, 11) is 0. The highest BCUT2D eigenvalue weighted by atomic mass is 35.5. The van der Waals surface area contributed by atoms with Gasteiger partial charge in [0.1, 0.15) is 0 Å². The molecule has 1 aliphatic carbocycles. The molecule has 1 saturated carbocycles. The maximum atomic E-state index is 11.8. The molecule has 0 bridgehead atoms. The minimum Gasteiger partial charge on any atom is -0.391 e. The third-order valence-electron chi connectivity index (χ3n) is 3.76. The summed E-state index contributed by atoms with van der Waals surface area (Å²) in [6, 6.07) is 7.32. The zero-order chi connectivity index (χ0) is 13.7. The second-order valence-corrected chi connectivity index (χ2v) is 5.59. The number of carbonyl (C=O) groups excluding carboxylic acids is 1. The fourth-order valence-electron chi connectivity index (χ4n) is 2.60. The number of halogens is 1. The van der Waals surface area contributed by atoms with Crippen LogP contribution >= 0.6 is 11.6 Å². The van der Waals surface area contributed by atoms with Crippen molar-refractivity contribution in [1.82, 2.24) is 5.32 Å². The molecule has 0 radical (unpaired) electrons. The molecule has 104 valence electrons. The summed E-state index contributed by atoms with van der Waals surface area (Å²) in [5.41, 5.74) is 0.817. The summed E-state index contributed by atoms with van der Waals surface area (Å²) in [6.45, 7) is 0.341. The van der Waals surface area contributed by atoms with Gasteiger partial charge >= 0.3 is 0 Å². The maximum absolute atomic E-state index is 11.8. The van der Waals surface area contributed by atoms with Crippen LogP contribution in [0, 0.1) is 5.92 Å². The van der Waals surface area contributed by atoms with Crippen molar-refractivity contribution in [3.8, 4) is 0 Å². The molecule has 1 aliphatic rings. The van der Waals surface area contributed by atoms with E-state index in [4.69, 9.17) is 11.6 Å². The lowest BCUT2D eigenvalue weighted by atomic mass is 10.0. The summed E-state index contributed by atoms with van der Waals surface area (Å²) in [5, 5.41) is 13.4. The number of aliphatic hydroxyl groups is 1. The Hall–Kier alpha value is -1.06. The minimum atomic E-state index is -0.419. The van der Waals surface area contributed by atoms with Crippen LogP contribution in [0.4, 0.5) is 0 Å². The molecule has 19 heavy (non-hydrogen) atoms. The number of amides is 1. The lowest BCUT2D eigenvalue weighted by Gasteiger charge is -2.18. The Kier molecular flexibility index (Phi) is 5.23. The summed E-state index contributed by atoms with van der Waals surface area (Å²) in [5.74, 6) is 0.255. The lowest BCUT2D eigenvalue weighted by molar-refractivity contribution is -0.121. The number of carbonyl (C=O) groups is 1. The molecule has 1 atom stereocenters. The highest BCUT2D eigenvalue weighted by Gasteiger charge is 2.23. The first-order chi connectivity index (χ1) is 9.16. The van der Waals surface area contributed by atoms with Gasteiger partial charge in [-0.05, 0) is 30.4 Å². The van der Waals surface area contributed by atoms with Crippen LogP contribution in [0.25, 0.3) is 0 Å². The fourth-order valence-corrected chi connectivity index (χ4v) is 2.81. The topological polar surface area (TPSA) is 49.3 Å². The normalized spacial score (nSPS) is 17.4. The van der Waals surface area contributed by atoms with Crippen LogP contribution in [0.15, 0.2) is 24.3 Å². The van der Waals surface area contributed by atoms with Crippen LogP contribution < -0.4 is 5.32 Å². The second-order valence-electron chi connectivity index (χ2n) is 5.18. The highest BCUT2D eigenvalue weighted by molar-refractivity contribution is 6.31. The van der Waals surface area contributed by atoms with E-state index in [1.807, 2.05) is 18.2 Å². The monoisotopic (exact) mass is 281 g/mol. The molecule has 0 saturated heterocycles. The van der Waals surface area contributed by atoms with Gasteiger partial charge in [0.25, 0.3) is 0 Å². The molecule has 1 unspecified atom stereocenters. The fraction of sp³-hybridized carbons (Fsp3) is 0.533. The van der Waals surface area contributed by atoms with Gasteiger partial charge in [-0.25, -0.2) is 0 Å². The number of benzene rings is 1. The standard InChI is InChI=1S/C15H20ClNO2/c16-13-8-4-3-7-12(13)9-15(19)17-10-14(18)11-5-1-2-6-11/h3-4,7-8,11,14,18H,1-2,5-6,9-10H2,(H,17,19). The molecule has 2 rings (SSSR count). The summed E-state index contributed by atoms with van der Waals surface area (Å²) < 4.78 is 0. The first kappa shape index (κ1) is 14.4. The van der Waals surface area contributed by atoms with Gasteiger partial charge in [-0.2, -0.15) is 0 Å². The van der Waals surface area contributed by atoms with E-state index in [2.05, 4.69) is 5.32 Å². The van der Waals surface area contributed by atoms with Crippen LogP contribution in [0.1, 0.15) is 31.2 Å². The van der Waals surface area contributed by atoms with Crippen LogP contribution in [-0.2, 0) is 11.2 Å². The van der Waals surface area contributed by atoms with Crippen molar-refractivity contribution in [2.24, 2.45) is 5.92 Å². The van der Waals surface area contributed by atoms with Gasteiger partial charge in [0, 0.05) is 11.6 Å². The molecule has 0 aromatic heterocycles. The molecule has 3 nitrogen and oxygen atoms in total. The van der Waals surface area contributed by atoms with Gasteiger partial charge in [-0.1, -0.05) is 42.6 Å². The third-order valence-corrected chi connectivity index (χ3v) is 4.13. The number of aliphatic hydroxyl groups excluding tert-OH is 1. The smallest absolute Gasteiger partial charge is 0.224 e. The van der Waals surface area contributed by atoms with E-state index in [0.717, 1.165) is 18.4 Å². The zero-order valence-corrected chi connectivity index (χ0v) is 11.7. The molecular weight excluding hydrogens is 262 g/mol. The van der Waals surface area contributed by atoms with E-state index in [0.29, 0.717) is 17.5 Å². The Morgan fingerprint density at radius 1 is 1.37 bits per heavy atom. The van der Waals surface area contributed by atoms with E-state index in [-0.39, 0.29) is 12.3 Å². The first-order valence-corrected chi connectivity index (χ1v) is 7.23. The van der Waals surface area contributed by atoms with Gasteiger partial charge in [0.2, 0.25) is 5.91 Å². The summed E-state index contributed by atoms with van der Waals surface area (Å²) in [6.07, 6.45) is 4.36. The van der Waals surface area contributed by atoms with Crippen LogP contribution in [0.2, 0.25) is 5.02 Å². The van der Waals surface area contributed by atoms with E-state index in [9.17, 15) is 9.90 Å². The quantitative estimate of drug-likeness (QED) is 0.871. The molecule has 1 aromatic carbocycles. The molecular formula is C15H20ClNO2. The molecule has 4 heteroatoms. The van der Waals surface area contributed by atoms with Gasteiger partial charge in [-0.15, -0.1) is 0 Å². The van der Waals surface area contributed by atoms with Crippen molar-refractivity contribution >= 4 is 17.5 Å².